The van der Waals surface area contributed by atoms with Gasteiger partial charge < -0.3 is 10.1 Å². The molecular weight excluding hydrogens is 218 g/mol. The van der Waals surface area contributed by atoms with Crippen molar-refractivity contribution in [3.8, 4) is 0 Å². The Morgan fingerprint density at radius 1 is 1.47 bits per heavy atom. The van der Waals surface area contributed by atoms with Gasteiger partial charge in [-0.2, -0.15) is 0 Å². The van der Waals surface area contributed by atoms with E-state index < -0.39 is 6.03 Å². The molecule has 0 radical (unpaired) electrons. The normalized spacial score (nSPS) is 25.5. The van der Waals surface area contributed by atoms with E-state index in [4.69, 9.17) is 17.0 Å². The van der Waals surface area contributed by atoms with E-state index in [1.165, 1.54) is 7.11 Å². The molecule has 2 atom stereocenters. The van der Waals surface area contributed by atoms with Crippen LogP contribution < -0.4 is 10.6 Å². The number of alkyl halides is 1. The van der Waals surface area contributed by atoms with E-state index in [-0.39, 0.29) is 17.4 Å². The number of carbonyl (C=O) groups is 1. The van der Waals surface area contributed by atoms with E-state index in [1.807, 2.05) is 0 Å². The van der Waals surface area contributed by atoms with Crippen molar-refractivity contribution < 1.29 is 9.53 Å². The number of urea groups is 1. The lowest BCUT2D eigenvalue weighted by Gasteiger charge is -2.27. The maximum Gasteiger partial charge on any atom is 0.323 e. The summed E-state index contributed by atoms with van der Waals surface area (Å²) in [4.78, 5) is 11.3. The monoisotopic (exact) mass is 233 g/mol. The van der Waals surface area contributed by atoms with Crippen molar-refractivity contribution in [2.75, 3.05) is 7.11 Å². The molecule has 0 bridgehead atoms. The first-order valence-corrected chi connectivity index (χ1v) is 5.41. The van der Waals surface area contributed by atoms with Gasteiger partial charge in [0.25, 0.3) is 6.02 Å². The Morgan fingerprint density at radius 3 is 2.73 bits per heavy atom. The zero-order chi connectivity index (χ0) is 11.3. The van der Waals surface area contributed by atoms with Crippen LogP contribution >= 0.6 is 11.6 Å². The summed E-state index contributed by atoms with van der Waals surface area (Å²) in [5.41, 5.74) is 0. The predicted octanol–water partition coefficient (Wildman–Crippen LogP) is 1.42. The number of amidine groups is 1. The van der Waals surface area contributed by atoms with Crippen molar-refractivity contribution >= 4 is 23.7 Å². The number of rotatable bonds is 1. The van der Waals surface area contributed by atoms with Crippen molar-refractivity contribution in [2.45, 2.75) is 37.1 Å². The van der Waals surface area contributed by atoms with Gasteiger partial charge in [0.2, 0.25) is 0 Å². The molecule has 0 heterocycles. The van der Waals surface area contributed by atoms with Gasteiger partial charge in [0.1, 0.15) is 0 Å². The van der Waals surface area contributed by atoms with Crippen LogP contribution in [0, 0.1) is 5.41 Å². The van der Waals surface area contributed by atoms with Crippen LogP contribution in [0.2, 0.25) is 0 Å². The highest BCUT2D eigenvalue weighted by molar-refractivity contribution is 6.21. The quantitative estimate of drug-likeness (QED) is 0.364. The molecule has 0 aliphatic heterocycles. The molecule has 0 aromatic heterocycles. The molecule has 1 saturated carbocycles. The maximum atomic E-state index is 11.3. The molecule has 1 aliphatic rings. The number of amides is 2. The fraction of sp³-hybridized carbons (Fsp3) is 0.778. The molecule has 0 aromatic rings. The fourth-order valence-electron chi connectivity index (χ4n) is 1.61. The topological polar surface area (TPSA) is 74.2 Å². The molecular formula is C9H16ClN3O2. The summed E-state index contributed by atoms with van der Waals surface area (Å²) in [6.45, 7) is 0. The van der Waals surface area contributed by atoms with Gasteiger partial charge in [-0.05, 0) is 12.8 Å². The van der Waals surface area contributed by atoms with Gasteiger partial charge >= 0.3 is 6.03 Å². The molecule has 1 fully saturated rings. The molecule has 6 heteroatoms. The number of ether oxygens (including phenoxy) is 1. The lowest BCUT2D eigenvalue weighted by molar-refractivity contribution is 0.234. The lowest BCUT2D eigenvalue weighted by Crippen LogP contribution is -2.49. The largest absolute Gasteiger partial charge is 0.468 e. The molecule has 3 N–H and O–H groups in total. The van der Waals surface area contributed by atoms with Crippen LogP contribution in [-0.2, 0) is 4.74 Å². The minimum absolute atomic E-state index is 0.00919. The van der Waals surface area contributed by atoms with E-state index in [9.17, 15) is 4.79 Å². The predicted molar refractivity (Wildman–Crippen MR) is 58.3 cm³/mol. The van der Waals surface area contributed by atoms with Gasteiger partial charge in [0.15, 0.2) is 0 Å². The van der Waals surface area contributed by atoms with Crippen LogP contribution in [0.5, 0.6) is 0 Å². The highest BCUT2D eigenvalue weighted by atomic mass is 35.5. The van der Waals surface area contributed by atoms with Crippen LogP contribution in [0.25, 0.3) is 0 Å². The van der Waals surface area contributed by atoms with E-state index in [2.05, 4.69) is 15.4 Å². The number of methoxy groups -OCH3 is 1. The average Bonchev–Trinajstić information content (AvgIpc) is 2.21. The molecule has 0 spiro atoms. The number of halogens is 1. The standard InChI is InChI=1S/C9H16ClN3O2/c1-15-8(11)13-9(14)12-7-5-3-2-4-6(7)10/h6-7H,2-5H2,1H3,(H3,11,12,13,14). The van der Waals surface area contributed by atoms with Crippen LogP contribution in [0.3, 0.4) is 0 Å². The van der Waals surface area contributed by atoms with Gasteiger partial charge in [-0.25, -0.2) is 4.79 Å². The Morgan fingerprint density at radius 2 is 2.13 bits per heavy atom. The van der Waals surface area contributed by atoms with Gasteiger partial charge in [-0.1, -0.05) is 12.8 Å². The summed E-state index contributed by atoms with van der Waals surface area (Å²) in [6, 6.07) is -0.709. The Balaban J connectivity index is 2.33. The Labute approximate surface area is 94.0 Å². The first-order chi connectivity index (χ1) is 7.13. The third-order valence-electron chi connectivity index (χ3n) is 2.43. The van der Waals surface area contributed by atoms with E-state index in [1.54, 1.807) is 0 Å². The van der Waals surface area contributed by atoms with Crippen LogP contribution in [0.15, 0.2) is 0 Å². The highest BCUT2D eigenvalue weighted by Crippen LogP contribution is 2.22. The van der Waals surface area contributed by atoms with E-state index in [0.29, 0.717) is 0 Å². The first-order valence-electron chi connectivity index (χ1n) is 4.97. The van der Waals surface area contributed by atoms with Crippen LogP contribution in [-0.4, -0.2) is 30.6 Å². The number of hydrogen-bond donors (Lipinski definition) is 3. The minimum Gasteiger partial charge on any atom is -0.468 e. The SMILES string of the molecule is COC(=N)NC(=O)NC1CCCCC1Cl. The summed E-state index contributed by atoms with van der Waals surface area (Å²) < 4.78 is 4.52. The zero-order valence-corrected chi connectivity index (χ0v) is 9.43. The van der Waals surface area contributed by atoms with Gasteiger partial charge in [-0.15, -0.1) is 11.6 Å². The van der Waals surface area contributed by atoms with Crippen LogP contribution in [0.1, 0.15) is 25.7 Å². The zero-order valence-electron chi connectivity index (χ0n) is 8.68. The Kier molecular flexibility index (Phi) is 4.68. The van der Waals surface area contributed by atoms with Crippen molar-refractivity contribution in [3.05, 3.63) is 0 Å². The smallest absolute Gasteiger partial charge is 0.323 e. The molecule has 86 valence electrons. The third-order valence-corrected chi connectivity index (χ3v) is 2.95. The second-order valence-electron chi connectivity index (χ2n) is 3.54. The molecule has 15 heavy (non-hydrogen) atoms. The highest BCUT2D eigenvalue weighted by Gasteiger charge is 2.24. The lowest BCUT2D eigenvalue weighted by atomic mass is 9.95. The molecule has 1 rings (SSSR count). The minimum atomic E-state index is -0.431. The Bertz CT molecular complexity index is 248. The summed E-state index contributed by atoms with van der Waals surface area (Å²) in [5.74, 6) is 0. The molecule has 5 nitrogen and oxygen atoms in total. The molecule has 2 amide bonds. The molecule has 1 aliphatic carbocycles. The van der Waals surface area contributed by atoms with Gasteiger partial charge in [-0.3, -0.25) is 10.7 Å². The molecule has 0 saturated heterocycles. The van der Waals surface area contributed by atoms with Crippen molar-refractivity contribution in [1.82, 2.24) is 10.6 Å². The Hall–Kier alpha value is -0.970. The maximum absolute atomic E-state index is 11.3. The molecule has 0 aromatic carbocycles. The summed E-state index contributed by atoms with van der Waals surface area (Å²) >= 11 is 6.07. The summed E-state index contributed by atoms with van der Waals surface area (Å²) in [5, 5.41) is 12.1. The fourth-order valence-corrected chi connectivity index (χ4v) is 1.95. The first kappa shape index (κ1) is 12.1. The second-order valence-corrected chi connectivity index (χ2v) is 4.10. The van der Waals surface area contributed by atoms with Gasteiger partial charge in [0, 0.05) is 6.04 Å². The van der Waals surface area contributed by atoms with Crippen LogP contribution in [0.4, 0.5) is 4.79 Å². The second kappa shape index (κ2) is 5.80. The van der Waals surface area contributed by atoms with Crippen molar-refractivity contribution in [2.24, 2.45) is 0 Å². The third kappa shape index (κ3) is 3.95. The van der Waals surface area contributed by atoms with Crippen molar-refractivity contribution in [1.29, 1.82) is 5.41 Å². The number of hydrogen-bond acceptors (Lipinski definition) is 3. The van der Waals surface area contributed by atoms with E-state index >= 15 is 0 Å². The number of carbonyl (C=O) groups excluding carboxylic acids is 1. The summed E-state index contributed by atoms with van der Waals surface area (Å²) in [6.07, 6.45) is 4.01. The average molecular weight is 234 g/mol. The van der Waals surface area contributed by atoms with Gasteiger partial charge in [0.05, 0.1) is 12.5 Å². The number of nitrogens with one attached hydrogen (secondary N) is 3. The summed E-state index contributed by atoms with van der Waals surface area (Å²) in [7, 11) is 1.33. The molecule has 2 unspecified atom stereocenters. The van der Waals surface area contributed by atoms with Crippen molar-refractivity contribution in [3.63, 3.8) is 0 Å². The van der Waals surface area contributed by atoms with E-state index in [0.717, 1.165) is 25.7 Å².